The van der Waals surface area contributed by atoms with E-state index in [2.05, 4.69) is 15.2 Å². The highest BCUT2D eigenvalue weighted by Gasteiger charge is 2.15. The molecule has 1 atom stereocenters. The number of thioether (sulfide) groups is 1. The average Bonchev–Trinajstić information content (AvgIpc) is 3.37. The molecule has 0 spiro atoms. The number of H-pyrrole nitrogens is 1. The van der Waals surface area contributed by atoms with Crippen molar-refractivity contribution >= 4 is 28.4 Å². The Kier molecular flexibility index (Phi) is 5.64. The lowest BCUT2D eigenvalue weighted by Crippen LogP contribution is -2.20. The van der Waals surface area contributed by atoms with Crippen LogP contribution in [0.5, 0.6) is 5.75 Å². The molecule has 4 aromatic rings. The number of Topliss-reactive ketones (excluding diaryl/α,β-unsaturated/α-hetero) is 1. The summed E-state index contributed by atoms with van der Waals surface area (Å²) < 4.78 is 11.3. The maximum atomic E-state index is 11.4. The highest BCUT2D eigenvalue weighted by molar-refractivity contribution is 7.99. The zero-order chi connectivity index (χ0) is 20.2. The molecule has 0 unspecified atom stereocenters. The van der Waals surface area contributed by atoms with Crippen molar-refractivity contribution in [2.24, 2.45) is 0 Å². The van der Waals surface area contributed by atoms with Crippen molar-refractivity contribution in [3.63, 3.8) is 0 Å². The number of ketones is 1. The van der Waals surface area contributed by atoms with E-state index in [0.29, 0.717) is 28.2 Å². The van der Waals surface area contributed by atoms with Crippen molar-refractivity contribution in [2.45, 2.75) is 18.3 Å². The van der Waals surface area contributed by atoms with E-state index in [1.165, 1.54) is 18.7 Å². The van der Waals surface area contributed by atoms with Gasteiger partial charge in [0.25, 0.3) is 11.1 Å². The predicted molar refractivity (Wildman–Crippen MR) is 110 cm³/mol. The molecule has 0 saturated heterocycles. The van der Waals surface area contributed by atoms with Gasteiger partial charge in [0, 0.05) is 28.4 Å². The van der Waals surface area contributed by atoms with Gasteiger partial charge in [0.15, 0.2) is 5.78 Å². The molecular weight excluding hydrogens is 390 g/mol. The molecule has 0 saturated carbocycles. The van der Waals surface area contributed by atoms with Gasteiger partial charge in [-0.15, -0.1) is 10.2 Å². The van der Waals surface area contributed by atoms with Crippen LogP contribution in [0.2, 0.25) is 0 Å². The number of hydrogen-bond acceptors (Lipinski definition) is 7. The summed E-state index contributed by atoms with van der Waals surface area (Å²) in [4.78, 5) is 14.6. The van der Waals surface area contributed by atoms with Gasteiger partial charge in [0.2, 0.25) is 0 Å². The Morgan fingerprint density at radius 2 is 2.10 bits per heavy atom. The fourth-order valence-corrected chi connectivity index (χ4v) is 3.51. The normalized spacial score (nSPS) is 12.2. The summed E-state index contributed by atoms with van der Waals surface area (Å²) in [5.74, 6) is 1.27. The lowest BCUT2D eigenvalue weighted by atomic mass is 10.1. The number of aromatic nitrogens is 3. The molecule has 7 nitrogen and oxygen atoms in total. The van der Waals surface area contributed by atoms with Crippen LogP contribution < -0.4 is 4.74 Å². The van der Waals surface area contributed by atoms with Gasteiger partial charge in [-0.25, -0.2) is 0 Å². The molecule has 0 amide bonds. The van der Waals surface area contributed by atoms with E-state index in [1.807, 2.05) is 30.5 Å². The van der Waals surface area contributed by atoms with E-state index in [4.69, 9.17) is 9.15 Å². The number of nitrogens with zero attached hydrogens (tertiary/aromatic N) is 2. The molecular formula is C21H19N3O4S. The summed E-state index contributed by atoms with van der Waals surface area (Å²) in [6, 6.07) is 14.8. The third kappa shape index (κ3) is 4.49. The molecule has 148 valence electrons. The number of aromatic amines is 1. The Morgan fingerprint density at radius 3 is 2.97 bits per heavy atom. The van der Waals surface area contributed by atoms with Crippen molar-refractivity contribution in [3.8, 4) is 17.2 Å². The smallest absolute Gasteiger partial charge is 0.276 e. The molecule has 29 heavy (non-hydrogen) atoms. The molecule has 0 bridgehead atoms. The molecule has 8 heteroatoms. The number of nitrogens with one attached hydrogen (secondary N) is 1. The number of fused-ring (bicyclic) bond motifs is 1. The molecule has 0 aliphatic heterocycles. The second-order valence-corrected chi connectivity index (χ2v) is 7.45. The van der Waals surface area contributed by atoms with Gasteiger partial charge >= 0.3 is 0 Å². The Labute approximate surface area is 171 Å². The number of aliphatic hydroxyl groups is 1. The van der Waals surface area contributed by atoms with Crippen molar-refractivity contribution in [2.75, 3.05) is 12.4 Å². The maximum absolute atomic E-state index is 11.4. The first-order valence-electron chi connectivity index (χ1n) is 9.05. The van der Waals surface area contributed by atoms with Gasteiger partial charge in [0.05, 0.1) is 11.7 Å². The van der Waals surface area contributed by atoms with Crippen LogP contribution in [0.3, 0.4) is 0 Å². The molecule has 2 heterocycles. The number of carbonyl (C=O) groups excluding carboxylic acids is 1. The largest absolute Gasteiger partial charge is 0.491 e. The van der Waals surface area contributed by atoms with E-state index >= 15 is 0 Å². The molecule has 0 aliphatic rings. The van der Waals surface area contributed by atoms with Gasteiger partial charge in [-0.3, -0.25) is 4.79 Å². The van der Waals surface area contributed by atoms with E-state index in [-0.39, 0.29) is 12.4 Å². The molecule has 2 N–H and O–H groups in total. The van der Waals surface area contributed by atoms with E-state index in [1.54, 1.807) is 24.3 Å². The van der Waals surface area contributed by atoms with Crippen LogP contribution in [0.4, 0.5) is 0 Å². The van der Waals surface area contributed by atoms with Crippen LogP contribution in [-0.4, -0.2) is 44.5 Å². The zero-order valence-electron chi connectivity index (χ0n) is 15.7. The number of carbonyl (C=O) groups is 1. The molecule has 2 aromatic carbocycles. The lowest BCUT2D eigenvalue weighted by molar-refractivity contribution is 0.101. The highest BCUT2D eigenvalue weighted by Crippen LogP contribution is 2.29. The first-order valence-corrected chi connectivity index (χ1v) is 10.0. The number of aliphatic hydroxyl groups excluding tert-OH is 1. The van der Waals surface area contributed by atoms with Crippen LogP contribution in [-0.2, 0) is 0 Å². The van der Waals surface area contributed by atoms with Crippen molar-refractivity contribution in [1.29, 1.82) is 0 Å². The van der Waals surface area contributed by atoms with Crippen LogP contribution >= 0.6 is 11.8 Å². The van der Waals surface area contributed by atoms with Crippen LogP contribution in [0.15, 0.2) is 64.4 Å². The second kappa shape index (κ2) is 8.50. The minimum atomic E-state index is -0.732. The lowest BCUT2D eigenvalue weighted by Gasteiger charge is -2.11. The quantitative estimate of drug-likeness (QED) is 0.336. The fourth-order valence-electron chi connectivity index (χ4n) is 2.84. The molecule has 0 fully saturated rings. The van der Waals surface area contributed by atoms with Crippen molar-refractivity contribution in [3.05, 3.63) is 60.3 Å². The molecule has 0 aliphatic carbocycles. The highest BCUT2D eigenvalue weighted by atomic mass is 32.2. The number of benzene rings is 2. The van der Waals surface area contributed by atoms with Crippen molar-refractivity contribution in [1.82, 2.24) is 15.2 Å². The Morgan fingerprint density at radius 1 is 1.24 bits per heavy atom. The van der Waals surface area contributed by atoms with Gasteiger partial charge in [-0.1, -0.05) is 42.1 Å². The SMILES string of the molecule is CC(=O)c1cccc(OC[C@@H](O)CSc2nnc(-c3c[nH]c4ccccc34)o2)c1. The predicted octanol–water partition coefficient (Wildman–Crippen LogP) is 3.95. The van der Waals surface area contributed by atoms with Gasteiger partial charge < -0.3 is 19.2 Å². The van der Waals surface area contributed by atoms with E-state index in [9.17, 15) is 9.90 Å². The number of para-hydroxylation sites is 1. The first kappa shape index (κ1) is 19.2. The minimum absolute atomic E-state index is 0.0334. The molecule has 2 aromatic heterocycles. The standard InChI is InChI=1S/C21H19N3O4S/c1-13(25)14-5-4-6-16(9-14)27-11-15(26)12-29-21-24-23-20(28-21)18-10-22-19-8-3-2-7-17(18)19/h2-10,15,22,26H,11-12H2,1H3/t15-/m1/s1. The minimum Gasteiger partial charge on any atom is -0.491 e. The summed E-state index contributed by atoms with van der Waals surface area (Å²) in [5.41, 5.74) is 2.41. The summed E-state index contributed by atoms with van der Waals surface area (Å²) in [5, 5.41) is 19.7. The molecule has 0 radical (unpaired) electrons. The zero-order valence-corrected chi connectivity index (χ0v) is 16.5. The number of ether oxygens (including phenoxy) is 1. The van der Waals surface area contributed by atoms with Crippen LogP contribution in [0.1, 0.15) is 17.3 Å². The Hall–Kier alpha value is -3.10. The Bertz CT molecular complexity index is 1140. The van der Waals surface area contributed by atoms with E-state index in [0.717, 1.165) is 16.5 Å². The Balaban J connectivity index is 1.33. The monoisotopic (exact) mass is 409 g/mol. The third-order valence-corrected chi connectivity index (χ3v) is 5.27. The third-order valence-electron chi connectivity index (χ3n) is 4.31. The number of rotatable bonds is 8. The molecule has 4 rings (SSSR count). The van der Waals surface area contributed by atoms with Gasteiger partial charge in [-0.2, -0.15) is 0 Å². The summed E-state index contributed by atoms with van der Waals surface area (Å²) >= 11 is 1.26. The maximum Gasteiger partial charge on any atom is 0.276 e. The summed E-state index contributed by atoms with van der Waals surface area (Å²) in [6.45, 7) is 1.59. The summed E-state index contributed by atoms with van der Waals surface area (Å²) in [6.07, 6.45) is 1.11. The summed E-state index contributed by atoms with van der Waals surface area (Å²) in [7, 11) is 0. The topological polar surface area (TPSA) is 101 Å². The first-order chi connectivity index (χ1) is 14.1. The van der Waals surface area contributed by atoms with Crippen LogP contribution in [0, 0.1) is 0 Å². The van der Waals surface area contributed by atoms with Crippen molar-refractivity contribution < 1.29 is 19.1 Å². The van der Waals surface area contributed by atoms with Gasteiger partial charge in [0.1, 0.15) is 12.4 Å². The average molecular weight is 409 g/mol. The van der Waals surface area contributed by atoms with Gasteiger partial charge in [-0.05, 0) is 25.1 Å². The van der Waals surface area contributed by atoms with Crippen LogP contribution in [0.25, 0.3) is 22.4 Å². The van der Waals surface area contributed by atoms with E-state index < -0.39 is 6.10 Å². The second-order valence-electron chi connectivity index (χ2n) is 6.48. The number of hydrogen-bond donors (Lipinski definition) is 2. The fraction of sp³-hybridized carbons (Fsp3) is 0.190.